The van der Waals surface area contributed by atoms with Gasteiger partial charge in [-0.2, -0.15) is 0 Å². The molecule has 1 fully saturated rings. The van der Waals surface area contributed by atoms with Crippen LogP contribution in [0.5, 0.6) is 11.5 Å². The zero-order valence-electron chi connectivity index (χ0n) is 28.7. The molecular weight excluding hydrogens is 645 g/mol. The Bertz CT molecular complexity index is 1940. The minimum atomic E-state index is -2.57. The van der Waals surface area contributed by atoms with Gasteiger partial charge in [-0.3, -0.25) is 14.4 Å². The lowest BCUT2D eigenvalue weighted by Gasteiger charge is -2.30. The lowest BCUT2D eigenvalue weighted by atomic mass is 9.95. The molecule has 3 heterocycles. The number of aliphatic hydroxyl groups excluding tert-OH is 1. The third-order valence-corrected chi connectivity index (χ3v) is 12.7. The van der Waals surface area contributed by atoms with E-state index < -0.39 is 8.32 Å². The highest BCUT2D eigenvalue weighted by atomic mass is 28.4. The van der Waals surface area contributed by atoms with E-state index >= 15 is 0 Å². The molecule has 0 radical (unpaired) electrons. The number of carbonyl (C=O) groups is 1. The number of rotatable bonds is 11. The minimum absolute atomic E-state index is 0.0171. The molecule has 0 bridgehead atoms. The molecule has 2 N–H and O–H groups in total. The molecule has 1 aromatic heterocycles. The van der Waals surface area contributed by atoms with Crippen molar-refractivity contribution in [1.82, 2.24) is 15.0 Å². The number of nitrogens with zero attached hydrogens (tertiary/aromatic N) is 4. The Labute approximate surface area is 294 Å². The van der Waals surface area contributed by atoms with Gasteiger partial charge in [-0.05, 0) is 85.8 Å². The number of amides is 1. The molecule has 2 aliphatic rings. The Morgan fingerprint density at radius 3 is 2.40 bits per heavy atom. The zero-order chi connectivity index (χ0) is 34.8. The van der Waals surface area contributed by atoms with E-state index in [0.29, 0.717) is 35.7 Å². The number of carbonyl (C=O) groups excluding carboxylic acids is 1. The molecule has 10 heteroatoms. The van der Waals surface area contributed by atoms with E-state index in [0.717, 1.165) is 35.3 Å². The standard InChI is InChI=1S/C40H44N4O5Si/c1-27-35(48-38(39(27)50(2,3)47)22-23-43-25-33(41-42-43)32(26-45)29-13-5-4-6-14-29)21-20-28-12-11-15-30(24-28)44-34-17-8-10-19-37(34)49-36-18-9-7-16-31(36)40(44)46/h4-19,24-25,27,32,35,38-39,45,47H,20-23,26H2,1-3H3/t27-,32?,35+,38-,39+/m0/s1. The van der Waals surface area contributed by atoms with Crippen LogP contribution < -0.4 is 9.64 Å². The third-order valence-electron chi connectivity index (χ3n) is 10.2. The lowest BCUT2D eigenvalue weighted by molar-refractivity contribution is 0.0245. The number of hydrogen-bond acceptors (Lipinski definition) is 7. The van der Waals surface area contributed by atoms with Gasteiger partial charge in [0.25, 0.3) is 5.91 Å². The van der Waals surface area contributed by atoms with Crippen molar-refractivity contribution in [2.45, 2.75) is 69.5 Å². The predicted octanol–water partition coefficient (Wildman–Crippen LogP) is 7.48. The fourth-order valence-corrected chi connectivity index (χ4v) is 10.5. The Hall–Kier alpha value is -4.61. The largest absolute Gasteiger partial charge is 0.454 e. The summed E-state index contributed by atoms with van der Waals surface area (Å²) in [4.78, 5) is 27.1. The van der Waals surface area contributed by atoms with E-state index in [1.807, 2.05) is 109 Å². The summed E-state index contributed by atoms with van der Waals surface area (Å²) in [5.74, 6) is 0.988. The van der Waals surface area contributed by atoms with Crippen molar-refractivity contribution >= 4 is 25.6 Å². The van der Waals surface area contributed by atoms with E-state index in [9.17, 15) is 14.7 Å². The van der Waals surface area contributed by atoms with Gasteiger partial charge >= 0.3 is 0 Å². The van der Waals surface area contributed by atoms with Gasteiger partial charge < -0.3 is 19.4 Å². The molecule has 0 aliphatic carbocycles. The lowest BCUT2D eigenvalue weighted by Crippen LogP contribution is -2.40. The molecule has 1 saturated heterocycles. The van der Waals surface area contributed by atoms with Crippen LogP contribution >= 0.6 is 0 Å². The molecule has 0 saturated carbocycles. The average Bonchev–Trinajstić information content (AvgIpc) is 3.68. The van der Waals surface area contributed by atoms with Gasteiger partial charge in [0.1, 0.15) is 5.75 Å². The summed E-state index contributed by atoms with van der Waals surface area (Å²) in [5, 5.41) is 18.9. The quantitative estimate of drug-likeness (QED) is 0.139. The van der Waals surface area contributed by atoms with Gasteiger partial charge in [0, 0.05) is 24.0 Å². The molecule has 1 amide bonds. The van der Waals surface area contributed by atoms with Gasteiger partial charge in [0.15, 0.2) is 14.1 Å². The molecular formula is C40H44N4O5Si. The maximum Gasteiger partial charge on any atom is 0.266 e. The van der Waals surface area contributed by atoms with E-state index in [4.69, 9.17) is 9.47 Å². The fourth-order valence-electron chi connectivity index (χ4n) is 7.80. The summed E-state index contributed by atoms with van der Waals surface area (Å²) in [5.41, 5.74) is 4.90. The topological polar surface area (TPSA) is 110 Å². The Morgan fingerprint density at radius 1 is 0.880 bits per heavy atom. The molecule has 5 aromatic rings. The zero-order valence-corrected chi connectivity index (χ0v) is 29.7. The van der Waals surface area contributed by atoms with E-state index in [2.05, 4.69) is 29.4 Å². The molecule has 9 nitrogen and oxygen atoms in total. The van der Waals surface area contributed by atoms with Gasteiger partial charge in [-0.15, -0.1) is 5.10 Å². The SMILES string of the molecule is C[C@@H]1[C@@H]([Si](C)(C)O)[C@H](CCn2cc(C(CO)c3ccccc3)nn2)O[C@@H]1CCc1cccc(N2C(=O)c3ccccc3Oc3ccccc32)c1. The number of fused-ring (bicyclic) bond motifs is 2. The first-order valence-electron chi connectivity index (χ1n) is 17.4. The van der Waals surface area contributed by atoms with Crippen LogP contribution in [0.15, 0.2) is 109 Å². The maximum atomic E-state index is 14.0. The van der Waals surface area contributed by atoms with E-state index in [-0.39, 0.29) is 42.1 Å². The second-order valence-electron chi connectivity index (χ2n) is 14.0. The monoisotopic (exact) mass is 688 g/mol. The number of para-hydroxylation sites is 3. The Balaban J connectivity index is 1.05. The first-order chi connectivity index (χ1) is 24.2. The van der Waals surface area contributed by atoms with Crippen LogP contribution in [0, 0.1) is 5.92 Å². The number of aliphatic hydroxyl groups is 1. The summed E-state index contributed by atoms with van der Waals surface area (Å²) in [6, 6.07) is 33.0. The Morgan fingerprint density at radius 2 is 1.62 bits per heavy atom. The number of ether oxygens (including phenoxy) is 2. The summed E-state index contributed by atoms with van der Waals surface area (Å²) in [6.07, 6.45) is 4.05. The van der Waals surface area contributed by atoms with Crippen molar-refractivity contribution in [3.63, 3.8) is 0 Å². The van der Waals surface area contributed by atoms with Crippen LogP contribution in [-0.4, -0.2) is 57.9 Å². The highest BCUT2D eigenvalue weighted by molar-refractivity contribution is 6.71. The number of aromatic nitrogens is 3. The van der Waals surface area contributed by atoms with Crippen LogP contribution in [0.1, 0.15) is 52.9 Å². The summed E-state index contributed by atoms with van der Waals surface area (Å²) >= 11 is 0. The summed E-state index contributed by atoms with van der Waals surface area (Å²) in [7, 11) is -2.57. The van der Waals surface area contributed by atoms with Crippen LogP contribution in [0.3, 0.4) is 0 Å². The smallest absolute Gasteiger partial charge is 0.266 e. The van der Waals surface area contributed by atoms with Crippen molar-refractivity contribution in [2.75, 3.05) is 11.5 Å². The van der Waals surface area contributed by atoms with E-state index in [1.165, 1.54) is 0 Å². The highest BCUT2D eigenvalue weighted by Gasteiger charge is 2.49. The third kappa shape index (κ3) is 6.89. The molecule has 7 rings (SSSR count). The van der Waals surface area contributed by atoms with Crippen molar-refractivity contribution in [3.05, 3.63) is 132 Å². The number of aryl methyl sites for hydroxylation is 2. The van der Waals surface area contributed by atoms with Crippen molar-refractivity contribution in [2.24, 2.45) is 5.92 Å². The van der Waals surface area contributed by atoms with Crippen LogP contribution in [0.4, 0.5) is 11.4 Å². The minimum Gasteiger partial charge on any atom is -0.454 e. The molecule has 0 spiro atoms. The van der Waals surface area contributed by atoms with Gasteiger partial charge in [-0.1, -0.05) is 78.9 Å². The number of anilines is 2. The maximum absolute atomic E-state index is 14.0. The predicted molar refractivity (Wildman–Crippen MR) is 195 cm³/mol. The molecule has 5 atom stereocenters. The van der Waals surface area contributed by atoms with Gasteiger partial charge in [0.2, 0.25) is 0 Å². The van der Waals surface area contributed by atoms with Crippen LogP contribution in [-0.2, 0) is 17.7 Å². The highest BCUT2D eigenvalue weighted by Crippen LogP contribution is 2.46. The molecule has 258 valence electrons. The van der Waals surface area contributed by atoms with Gasteiger partial charge in [-0.25, -0.2) is 0 Å². The van der Waals surface area contributed by atoms with Crippen LogP contribution in [0.2, 0.25) is 18.6 Å². The van der Waals surface area contributed by atoms with Gasteiger partial charge in [0.05, 0.1) is 41.7 Å². The summed E-state index contributed by atoms with van der Waals surface area (Å²) in [6.45, 7) is 6.78. The van der Waals surface area contributed by atoms with Crippen LogP contribution in [0.25, 0.3) is 0 Å². The first kappa shape index (κ1) is 33.9. The fraction of sp³-hybridized carbons (Fsp3) is 0.325. The second kappa shape index (κ2) is 14.3. The Kier molecular flexibility index (Phi) is 9.70. The normalized spacial score (nSPS) is 20.9. The molecule has 4 aromatic carbocycles. The first-order valence-corrected chi connectivity index (χ1v) is 20.5. The summed E-state index contributed by atoms with van der Waals surface area (Å²) < 4.78 is 14.8. The number of hydrogen-bond donors (Lipinski definition) is 2. The van der Waals surface area contributed by atoms with Crippen molar-refractivity contribution < 1.29 is 24.2 Å². The number of benzene rings is 4. The second-order valence-corrected chi connectivity index (χ2v) is 18.0. The molecule has 1 unspecified atom stereocenters. The van der Waals surface area contributed by atoms with E-state index in [1.54, 1.807) is 11.0 Å². The molecule has 50 heavy (non-hydrogen) atoms. The molecule has 2 aliphatic heterocycles. The van der Waals surface area contributed by atoms with Crippen molar-refractivity contribution in [3.8, 4) is 11.5 Å². The van der Waals surface area contributed by atoms with Crippen molar-refractivity contribution in [1.29, 1.82) is 0 Å². The average molecular weight is 689 g/mol.